The van der Waals surface area contributed by atoms with Gasteiger partial charge >= 0.3 is 0 Å². The van der Waals surface area contributed by atoms with Crippen molar-refractivity contribution in [2.45, 2.75) is 43.9 Å². The van der Waals surface area contributed by atoms with Gasteiger partial charge in [0.1, 0.15) is 0 Å². The highest BCUT2D eigenvalue weighted by Crippen LogP contribution is 2.26. The maximum absolute atomic E-state index is 6.06. The molecule has 1 heterocycles. The Morgan fingerprint density at radius 3 is 2.69 bits per heavy atom. The molecule has 1 aliphatic carbocycles. The molecule has 2 aliphatic rings. The van der Waals surface area contributed by atoms with Crippen LogP contribution in [0.2, 0.25) is 0 Å². The molecule has 0 radical (unpaired) electrons. The van der Waals surface area contributed by atoms with Crippen molar-refractivity contribution in [2.24, 2.45) is 5.73 Å². The van der Waals surface area contributed by atoms with Gasteiger partial charge in [0.25, 0.3) is 0 Å². The fraction of sp³-hybridized carbons (Fsp3) is 1.00. The molecule has 1 saturated heterocycles. The monoisotopic (exact) mass is 184 g/mol. The van der Waals surface area contributed by atoms with Gasteiger partial charge in [0, 0.05) is 32.3 Å². The van der Waals surface area contributed by atoms with E-state index in [4.69, 9.17) is 10.5 Å². The molecule has 2 rings (SSSR count). The standard InChI is InChI=1S/C10H20N2O/c1-13-8-5-6-12(7-8)10-4-2-3-9(10)11/h8-10H,2-7,11H2,1H3/t8?,9-,10+/m0/s1. The zero-order valence-corrected chi connectivity index (χ0v) is 8.41. The van der Waals surface area contributed by atoms with Crippen LogP contribution in [0, 0.1) is 0 Å². The molecule has 0 amide bonds. The maximum Gasteiger partial charge on any atom is 0.0710 e. The number of hydrogen-bond donors (Lipinski definition) is 1. The van der Waals surface area contributed by atoms with Crippen molar-refractivity contribution in [1.29, 1.82) is 0 Å². The highest BCUT2D eigenvalue weighted by atomic mass is 16.5. The fourth-order valence-electron chi connectivity index (χ4n) is 2.67. The second-order valence-corrected chi connectivity index (χ2v) is 4.30. The number of ether oxygens (including phenoxy) is 1. The predicted octanol–water partition coefficient (Wildman–Crippen LogP) is 0.587. The van der Waals surface area contributed by atoms with Gasteiger partial charge in [0.15, 0.2) is 0 Å². The van der Waals surface area contributed by atoms with Gasteiger partial charge in [-0.3, -0.25) is 4.90 Å². The van der Waals surface area contributed by atoms with E-state index in [-0.39, 0.29) is 0 Å². The predicted molar refractivity (Wildman–Crippen MR) is 52.6 cm³/mol. The minimum Gasteiger partial charge on any atom is -0.380 e. The average Bonchev–Trinajstić information content (AvgIpc) is 2.71. The van der Waals surface area contributed by atoms with Crippen LogP contribution < -0.4 is 5.73 Å². The van der Waals surface area contributed by atoms with Gasteiger partial charge in [0.2, 0.25) is 0 Å². The Morgan fingerprint density at radius 1 is 1.31 bits per heavy atom. The molecule has 76 valence electrons. The van der Waals surface area contributed by atoms with Gasteiger partial charge in [-0.1, -0.05) is 6.42 Å². The minimum absolute atomic E-state index is 0.413. The van der Waals surface area contributed by atoms with Crippen LogP contribution in [0.15, 0.2) is 0 Å². The van der Waals surface area contributed by atoms with Crippen LogP contribution in [0.5, 0.6) is 0 Å². The summed E-state index contributed by atoms with van der Waals surface area (Å²) < 4.78 is 5.35. The van der Waals surface area contributed by atoms with Crippen LogP contribution >= 0.6 is 0 Å². The van der Waals surface area contributed by atoms with E-state index < -0.39 is 0 Å². The van der Waals surface area contributed by atoms with Crippen molar-refractivity contribution in [2.75, 3.05) is 20.2 Å². The van der Waals surface area contributed by atoms with E-state index >= 15 is 0 Å². The lowest BCUT2D eigenvalue weighted by Crippen LogP contribution is -2.43. The first kappa shape index (κ1) is 9.44. The van der Waals surface area contributed by atoms with E-state index in [2.05, 4.69) is 4.90 Å². The zero-order valence-electron chi connectivity index (χ0n) is 8.41. The van der Waals surface area contributed by atoms with Crippen LogP contribution in [0.4, 0.5) is 0 Å². The van der Waals surface area contributed by atoms with Crippen molar-refractivity contribution in [3.63, 3.8) is 0 Å². The molecule has 3 atom stereocenters. The SMILES string of the molecule is COC1CCN([C@@H]2CCC[C@@H]2N)C1. The lowest BCUT2D eigenvalue weighted by atomic mass is 10.1. The number of hydrogen-bond acceptors (Lipinski definition) is 3. The van der Waals surface area contributed by atoms with E-state index in [0.29, 0.717) is 18.2 Å². The van der Waals surface area contributed by atoms with Gasteiger partial charge in [0.05, 0.1) is 6.10 Å². The molecule has 0 spiro atoms. The molecule has 0 aromatic carbocycles. The van der Waals surface area contributed by atoms with Crippen LogP contribution in [0.1, 0.15) is 25.7 Å². The van der Waals surface area contributed by atoms with E-state index in [0.717, 1.165) is 6.54 Å². The summed E-state index contributed by atoms with van der Waals surface area (Å²) in [5, 5.41) is 0. The van der Waals surface area contributed by atoms with E-state index in [1.807, 2.05) is 7.11 Å². The summed E-state index contributed by atoms with van der Waals surface area (Å²) >= 11 is 0. The third-order valence-corrected chi connectivity index (χ3v) is 3.51. The maximum atomic E-state index is 6.06. The molecule has 1 aliphatic heterocycles. The summed E-state index contributed by atoms with van der Waals surface area (Å²) in [6.45, 7) is 2.27. The highest BCUT2D eigenvalue weighted by molar-refractivity contribution is 4.91. The lowest BCUT2D eigenvalue weighted by Gasteiger charge is -2.27. The zero-order chi connectivity index (χ0) is 9.26. The Morgan fingerprint density at radius 2 is 2.15 bits per heavy atom. The molecule has 0 bridgehead atoms. The van der Waals surface area contributed by atoms with E-state index in [1.165, 1.54) is 32.2 Å². The molecule has 0 aromatic heterocycles. The normalized spacial score (nSPS) is 41.5. The van der Waals surface area contributed by atoms with Crippen molar-refractivity contribution >= 4 is 0 Å². The summed E-state index contributed by atoms with van der Waals surface area (Å²) in [4.78, 5) is 2.52. The Kier molecular flexibility index (Phi) is 2.86. The van der Waals surface area contributed by atoms with Crippen LogP contribution in [0.3, 0.4) is 0 Å². The molecule has 2 N–H and O–H groups in total. The third-order valence-electron chi connectivity index (χ3n) is 3.51. The largest absolute Gasteiger partial charge is 0.380 e. The van der Waals surface area contributed by atoms with Crippen molar-refractivity contribution in [3.05, 3.63) is 0 Å². The highest BCUT2D eigenvalue weighted by Gasteiger charge is 2.34. The molecule has 3 nitrogen and oxygen atoms in total. The number of nitrogens with zero attached hydrogens (tertiary/aromatic N) is 1. The molecule has 1 unspecified atom stereocenters. The molecule has 0 aromatic rings. The van der Waals surface area contributed by atoms with Crippen molar-refractivity contribution < 1.29 is 4.74 Å². The molecule has 3 heteroatoms. The molecule has 1 saturated carbocycles. The fourth-order valence-corrected chi connectivity index (χ4v) is 2.67. The average molecular weight is 184 g/mol. The number of nitrogens with two attached hydrogens (primary N) is 1. The second-order valence-electron chi connectivity index (χ2n) is 4.30. The molecule has 13 heavy (non-hydrogen) atoms. The number of likely N-dealkylation sites (tertiary alicyclic amines) is 1. The summed E-state index contributed by atoms with van der Waals surface area (Å²) in [6.07, 6.45) is 5.43. The van der Waals surface area contributed by atoms with E-state index in [9.17, 15) is 0 Å². The second kappa shape index (κ2) is 3.95. The third kappa shape index (κ3) is 1.87. The lowest BCUT2D eigenvalue weighted by molar-refractivity contribution is 0.0997. The molecular formula is C10H20N2O. The van der Waals surface area contributed by atoms with Crippen LogP contribution in [0.25, 0.3) is 0 Å². The minimum atomic E-state index is 0.413. The summed E-state index contributed by atoms with van der Waals surface area (Å²) in [5.41, 5.74) is 6.06. The molecule has 2 fully saturated rings. The van der Waals surface area contributed by atoms with Gasteiger partial charge in [-0.2, -0.15) is 0 Å². The van der Waals surface area contributed by atoms with Gasteiger partial charge < -0.3 is 10.5 Å². The quantitative estimate of drug-likeness (QED) is 0.682. The van der Waals surface area contributed by atoms with E-state index in [1.54, 1.807) is 0 Å². The Bertz CT molecular complexity index is 174. The first-order valence-electron chi connectivity index (χ1n) is 5.33. The molecular weight excluding hydrogens is 164 g/mol. The first-order chi connectivity index (χ1) is 6.31. The van der Waals surface area contributed by atoms with Gasteiger partial charge in [-0.05, 0) is 19.3 Å². The van der Waals surface area contributed by atoms with Crippen LogP contribution in [-0.2, 0) is 4.74 Å². The summed E-state index contributed by atoms with van der Waals surface area (Å²) in [5.74, 6) is 0. The van der Waals surface area contributed by atoms with Crippen LogP contribution in [-0.4, -0.2) is 43.3 Å². The van der Waals surface area contributed by atoms with Crippen molar-refractivity contribution in [1.82, 2.24) is 4.90 Å². The Hall–Kier alpha value is -0.120. The van der Waals surface area contributed by atoms with Gasteiger partial charge in [-0.25, -0.2) is 0 Å². The first-order valence-corrected chi connectivity index (χ1v) is 5.33. The van der Waals surface area contributed by atoms with Crippen molar-refractivity contribution in [3.8, 4) is 0 Å². The number of rotatable bonds is 2. The smallest absolute Gasteiger partial charge is 0.0710 e. The Labute approximate surface area is 80.2 Å². The Balaban J connectivity index is 1.88. The van der Waals surface area contributed by atoms with Gasteiger partial charge in [-0.15, -0.1) is 0 Å². The summed E-state index contributed by atoms with van der Waals surface area (Å²) in [6, 6.07) is 1.05. The topological polar surface area (TPSA) is 38.5 Å². The summed E-state index contributed by atoms with van der Waals surface area (Å²) in [7, 11) is 1.81. The number of methoxy groups -OCH3 is 1.